The minimum atomic E-state index is -0.151. The maximum Gasteiger partial charge on any atom is -0.0397 e. The van der Waals surface area contributed by atoms with Crippen molar-refractivity contribution >= 4 is 25.7 Å². The van der Waals surface area contributed by atoms with Gasteiger partial charge < -0.3 is 0 Å². The Balaban J connectivity index is 4.71. The maximum atomic E-state index is 2.37. The first kappa shape index (κ1) is 10.6. The van der Waals surface area contributed by atoms with Crippen molar-refractivity contribution in [1.29, 1.82) is 0 Å². The molecule has 0 N–H and O–H groups in total. The van der Waals surface area contributed by atoms with Crippen LogP contribution in [0.3, 0.4) is 0 Å². The maximum absolute atomic E-state index is 2.37. The van der Waals surface area contributed by atoms with Gasteiger partial charge in [-0.15, -0.1) is 15.1 Å². The van der Waals surface area contributed by atoms with Gasteiger partial charge in [-0.1, -0.05) is 10.6 Å². The van der Waals surface area contributed by atoms with E-state index in [4.69, 9.17) is 0 Å². The molecule has 0 aliphatic rings. The Morgan fingerprint density at radius 1 is 0.700 bits per heavy atom. The molecule has 0 saturated carbocycles. The van der Waals surface area contributed by atoms with Gasteiger partial charge in [-0.3, -0.25) is 0 Å². The SMILES string of the molecule is CC(C(C)=[PH](C)C)=[PH](C)C. The van der Waals surface area contributed by atoms with E-state index >= 15 is 0 Å². The van der Waals surface area contributed by atoms with Gasteiger partial charge in [0.15, 0.2) is 0 Å². The summed E-state index contributed by atoms with van der Waals surface area (Å²) >= 11 is 0. The molecule has 0 radical (unpaired) electrons. The van der Waals surface area contributed by atoms with E-state index in [1.807, 2.05) is 0 Å². The highest BCUT2D eigenvalue weighted by atomic mass is 31.1. The van der Waals surface area contributed by atoms with E-state index in [1.165, 1.54) is 0 Å². The molecule has 10 heavy (non-hydrogen) atoms. The lowest BCUT2D eigenvalue weighted by Crippen LogP contribution is -2.02. The van der Waals surface area contributed by atoms with Crippen molar-refractivity contribution in [2.75, 3.05) is 26.7 Å². The molecule has 0 nitrogen and oxygen atoms in total. The molecule has 0 rings (SSSR count). The average molecular weight is 178 g/mol. The lowest BCUT2D eigenvalue weighted by atomic mass is 10.4. The minimum Gasteiger partial charge on any atom is -0.120 e. The third-order valence-electron chi connectivity index (χ3n) is 2.06. The second-order valence-electron chi connectivity index (χ2n) is 3.25. The Morgan fingerprint density at radius 3 is 1.00 bits per heavy atom. The van der Waals surface area contributed by atoms with Crippen molar-refractivity contribution < 1.29 is 0 Å². The van der Waals surface area contributed by atoms with Gasteiger partial charge in [0.05, 0.1) is 0 Å². The molecule has 0 aromatic rings. The van der Waals surface area contributed by atoms with Crippen LogP contribution >= 0.6 is 15.1 Å². The van der Waals surface area contributed by atoms with Gasteiger partial charge in [0.1, 0.15) is 0 Å². The summed E-state index contributed by atoms with van der Waals surface area (Å²) < 4.78 is 0. The first-order chi connectivity index (χ1) is 4.46. The van der Waals surface area contributed by atoms with Crippen LogP contribution in [0.4, 0.5) is 0 Å². The van der Waals surface area contributed by atoms with Gasteiger partial charge in [0, 0.05) is 0 Å². The monoisotopic (exact) mass is 178 g/mol. The van der Waals surface area contributed by atoms with Gasteiger partial charge in [-0.2, -0.15) is 0 Å². The Labute approximate surface area is 66.8 Å². The zero-order valence-corrected chi connectivity index (χ0v) is 10.0. The van der Waals surface area contributed by atoms with E-state index < -0.39 is 0 Å². The van der Waals surface area contributed by atoms with Crippen LogP contribution in [-0.4, -0.2) is 37.2 Å². The van der Waals surface area contributed by atoms with Crippen LogP contribution in [-0.2, 0) is 0 Å². The largest absolute Gasteiger partial charge is 0.120 e. The zero-order chi connectivity index (χ0) is 8.31. The van der Waals surface area contributed by atoms with Crippen LogP contribution in [0.25, 0.3) is 0 Å². The molecule has 2 heteroatoms. The fourth-order valence-corrected chi connectivity index (χ4v) is 3.75. The molecule has 0 amide bonds. The second kappa shape index (κ2) is 4.47. The summed E-state index contributed by atoms with van der Waals surface area (Å²) in [6.45, 7) is 14.1. The number of rotatable bonds is 1. The van der Waals surface area contributed by atoms with Crippen LogP contribution in [0.5, 0.6) is 0 Å². The van der Waals surface area contributed by atoms with E-state index in [-0.39, 0.29) is 15.1 Å². The number of hydrogen-bond acceptors (Lipinski definition) is 0. The van der Waals surface area contributed by atoms with E-state index in [1.54, 1.807) is 10.6 Å². The fourth-order valence-electron chi connectivity index (χ4n) is 0.750. The summed E-state index contributed by atoms with van der Waals surface area (Å²) in [5.74, 6) is 0. The molecular formula is C8H20P2. The lowest BCUT2D eigenvalue weighted by molar-refractivity contribution is 1.96. The molecule has 0 heterocycles. The quantitative estimate of drug-likeness (QED) is 0.540. The van der Waals surface area contributed by atoms with Crippen LogP contribution in [0.2, 0.25) is 0 Å². The molecule has 62 valence electrons. The molecule has 0 unspecified atom stereocenters. The van der Waals surface area contributed by atoms with Gasteiger partial charge in [0.2, 0.25) is 0 Å². The summed E-state index contributed by atoms with van der Waals surface area (Å²) in [5, 5.41) is 3.40. The molecule has 0 saturated heterocycles. The van der Waals surface area contributed by atoms with Crippen molar-refractivity contribution in [2.24, 2.45) is 0 Å². The van der Waals surface area contributed by atoms with Gasteiger partial charge >= 0.3 is 0 Å². The van der Waals surface area contributed by atoms with E-state index in [0.29, 0.717) is 0 Å². The lowest BCUT2D eigenvalue weighted by Gasteiger charge is -2.07. The summed E-state index contributed by atoms with van der Waals surface area (Å²) in [7, 11) is -0.302. The highest BCUT2D eigenvalue weighted by Crippen LogP contribution is 2.20. The van der Waals surface area contributed by atoms with Crippen molar-refractivity contribution in [3.05, 3.63) is 0 Å². The molecule has 0 aliphatic heterocycles. The standard InChI is InChI=1S/C8H20P2/c1-7(9(3)4)8(2)10(5)6/h9-10H,1-6H3. The van der Waals surface area contributed by atoms with Crippen LogP contribution in [0.15, 0.2) is 0 Å². The van der Waals surface area contributed by atoms with Crippen molar-refractivity contribution in [2.45, 2.75) is 13.8 Å². The smallest absolute Gasteiger partial charge is 0.0397 e. The molecule has 0 aromatic heterocycles. The first-order valence-corrected chi connectivity index (χ1v) is 8.75. The zero-order valence-electron chi connectivity index (χ0n) is 8.00. The highest BCUT2D eigenvalue weighted by molar-refractivity contribution is 7.67. The molecule has 0 aliphatic carbocycles. The van der Waals surface area contributed by atoms with E-state index in [2.05, 4.69) is 40.5 Å². The average Bonchev–Trinajstić information content (AvgIpc) is 1.84. The van der Waals surface area contributed by atoms with Crippen LogP contribution in [0, 0.1) is 0 Å². The Morgan fingerprint density at radius 2 is 0.900 bits per heavy atom. The van der Waals surface area contributed by atoms with Gasteiger partial charge in [-0.25, -0.2) is 0 Å². The predicted molar refractivity (Wildman–Crippen MR) is 61.7 cm³/mol. The Bertz CT molecular complexity index is 157. The Hall–Kier alpha value is 0.600. The summed E-state index contributed by atoms with van der Waals surface area (Å²) in [5.41, 5.74) is 0. The Kier molecular flexibility index (Phi) is 4.74. The van der Waals surface area contributed by atoms with Crippen molar-refractivity contribution in [3.63, 3.8) is 0 Å². The second-order valence-corrected chi connectivity index (χ2v) is 8.75. The van der Waals surface area contributed by atoms with E-state index in [0.717, 1.165) is 0 Å². The summed E-state index contributed by atoms with van der Waals surface area (Å²) in [4.78, 5) is 0. The van der Waals surface area contributed by atoms with Gasteiger partial charge in [-0.05, 0) is 40.5 Å². The van der Waals surface area contributed by atoms with Crippen molar-refractivity contribution in [3.8, 4) is 0 Å². The van der Waals surface area contributed by atoms with Crippen LogP contribution < -0.4 is 0 Å². The fraction of sp³-hybridized carbons (Fsp3) is 0.750. The third kappa shape index (κ3) is 3.13. The molecule has 0 bridgehead atoms. The molecule has 0 atom stereocenters. The third-order valence-corrected chi connectivity index (χ3v) is 6.06. The molecule has 0 aromatic carbocycles. The van der Waals surface area contributed by atoms with Crippen LogP contribution in [0.1, 0.15) is 13.8 Å². The topological polar surface area (TPSA) is 0 Å². The van der Waals surface area contributed by atoms with E-state index in [9.17, 15) is 0 Å². The predicted octanol–water partition coefficient (Wildman–Crippen LogP) is 2.32. The molecule has 0 fully saturated rings. The van der Waals surface area contributed by atoms with Gasteiger partial charge in [0.25, 0.3) is 0 Å². The van der Waals surface area contributed by atoms with Crippen molar-refractivity contribution in [1.82, 2.24) is 0 Å². The summed E-state index contributed by atoms with van der Waals surface area (Å²) in [6.07, 6.45) is 0. The molecular weight excluding hydrogens is 158 g/mol. The highest BCUT2D eigenvalue weighted by Gasteiger charge is 1.94. The first-order valence-electron chi connectivity index (χ1n) is 3.75. The normalized spacial score (nSPS) is 10.8. The summed E-state index contributed by atoms with van der Waals surface area (Å²) in [6, 6.07) is 0. The number of hydrogen-bond donors (Lipinski definition) is 0. The minimum absolute atomic E-state index is 0.151. The molecule has 0 spiro atoms.